The summed E-state index contributed by atoms with van der Waals surface area (Å²) < 4.78 is 13.2. The molecular weight excluding hydrogens is 274 g/mol. The van der Waals surface area contributed by atoms with Gasteiger partial charge in [0.15, 0.2) is 16.3 Å². The molecule has 1 N–H and O–H groups in total. The molecule has 0 fully saturated rings. The number of methoxy groups -OCH3 is 2. The number of nitrogens with zero attached hydrogens (tertiary/aromatic N) is 2. The molecule has 2 rings (SSSR count). The van der Waals surface area contributed by atoms with Gasteiger partial charge in [0.05, 0.1) is 14.2 Å². The maximum absolute atomic E-state index is 5.32. The van der Waals surface area contributed by atoms with Crippen LogP contribution < -0.4 is 9.47 Å². The predicted molar refractivity (Wildman–Crippen MR) is 80.1 cm³/mol. The zero-order chi connectivity index (χ0) is 14.7. The fourth-order valence-corrected chi connectivity index (χ4v) is 2.53. The molecule has 0 amide bonds. The van der Waals surface area contributed by atoms with Crippen molar-refractivity contribution < 1.29 is 9.47 Å². The molecule has 1 aromatic heterocycles. The molecule has 5 nitrogen and oxygen atoms in total. The van der Waals surface area contributed by atoms with Crippen molar-refractivity contribution in [1.82, 2.24) is 14.8 Å². The van der Waals surface area contributed by atoms with E-state index in [2.05, 4.69) is 24.0 Å². The van der Waals surface area contributed by atoms with Crippen LogP contribution in [0.25, 0.3) is 0 Å². The quantitative estimate of drug-likeness (QED) is 0.861. The van der Waals surface area contributed by atoms with E-state index < -0.39 is 0 Å². The van der Waals surface area contributed by atoms with Crippen LogP contribution in [0.5, 0.6) is 11.5 Å². The maximum Gasteiger partial charge on any atom is 0.195 e. The lowest BCUT2D eigenvalue weighted by atomic mass is 10.1. The summed E-state index contributed by atoms with van der Waals surface area (Å²) in [5.41, 5.74) is 1.10. The minimum Gasteiger partial charge on any atom is -0.493 e. The van der Waals surface area contributed by atoms with Gasteiger partial charge in [0.25, 0.3) is 0 Å². The molecule has 1 aromatic carbocycles. The van der Waals surface area contributed by atoms with Crippen LogP contribution in [0.3, 0.4) is 0 Å². The third kappa shape index (κ3) is 2.85. The van der Waals surface area contributed by atoms with Crippen molar-refractivity contribution >= 4 is 12.2 Å². The summed E-state index contributed by atoms with van der Waals surface area (Å²) in [5.74, 6) is 2.35. The molecule has 0 aliphatic heterocycles. The summed E-state index contributed by atoms with van der Waals surface area (Å²) in [4.78, 5) is 0. The van der Waals surface area contributed by atoms with Gasteiger partial charge in [0.2, 0.25) is 0 Å². The van der Waals surface area contributed by atoms with E-state index in [0.29, 0.717) is 11.2 Å². The fourth-order valence-electron chi connectivity index (χ4n) is 2.17. The van der Waals surface area contributed by atoms with E-state index in [1.54, 1.807) is 14.2 Å². The van der Waals surface area contributed by atoms with Gasteiger partial charge in [0.1, 0.15) is 5.82 Å². The van der Waals surface area contributed by atoms with Crippen molar-refractivity contribution in [3.05, 3.63) is 34.4 Å². The van der Waals surface area contributed by atoms with Gasteiger partial charge in [-0.2, -0.15) is 5.10 Å². The molecule has 2 aromatic rings. The van der Waals surface area contributed by atoms with Crippen LogP contribution in [0, 0.1) is 4.77 Å². The van der Waals surface area contributed by atoms with Gasteiger partial charge in [0, 0.05) is 12.5 Å². The van der Waals surface area contributed by atoms with Gasteiger partial charge in [-0.1, -0.05) is 6.07 Å². The van der Waals surface area contributed by atoms with Crippen LogP contribution in [0.4, 0.5) is 0 Å². The first-order valence-corrected chi connectivity index (χ1v) is 6.84. The molecule has 0 bridgehead atoms. The Bertz CT molecular complexity index is 646. The lowest BCUT2D eigenvalue weighted by Gasteiger charge is -2.12. The molecule has 0 saturated heterocycles. The normalized spacial score (nSPS) is 10.8. The number of aromatic amines is 1. The Morgan fingerprint density at radius 3 is 2.55 bits per heavy atom. The number of ether oxygens (including phenoxy) is 2. The highest BCUT2D eigenvalue weighted by molar-refractivity contribution is 7.71. The largest absolute Gasteiger partial charge is 0.493 e. The van der Waals surface area contributed by atoms with E-state index in [9.17, 15) is 0 Å². The summed E-state index contributed by atoms with van der Waals surface area (Å²) >= 11 is 5.25. The summed E-state index contributed by atoms with van der Waals surface area (Å²) in [6.45, 7) is 4.17. The summed E-state index contributed by atoms with van der Waals surface area (Å²) in [6.07, 6.45) is 0.686. The van der Waals surface area contributed by atoms with Gasteiger partial charge in [-0.05, 0) is 43.8 Å². The van der Waals surface area contributed by atoms with E-state index in [4.69, 9.17) is 21.7 Å². The molecule has 0 aliphatic rings. The van der Waals surface area contributed by atoms with Gasteiger partial charge >= 0.3 is 0 Å². The van der Waals surface area contributed by atoms with Gasteiger partial charge < -0.3 is 14.0 Å². The lowest BCUT2D eigenvalue weighted by molar-refractivity contribution is 0.354. The summed E-state index contributed by atoms with van der Waals surface area (Å²) in [5, 5.41) is 7.15. The van der Waals surface area contributed by atoms with Crippen molar-refractivity contribution in [1.29, 1.82) is 0 Å². The smallest absolute Gasteiger partial charge is 0.195 e. The van der Waals surface area contributed by atoms with E-state index in [0.717, 1.165) is 22.9 Å². The lowest BCUT2D eigenvalue weighted by Crippen LogP contribution is -2.07. The molecule has 108 valence electrons. The van der Waals surface area contributed by atoms with Crippen molar-refractivity contribution in [2.75, 3.05) is 14.2 Å². The number of nitrogens with one attached hydrogen (secondary N) is 1. The Morgan fingerprint density at radius 2 is 1.95 bits per heavy atom. The van der Waals surface area contributed by atoms with Crippen LogP contribution in [0.1, 0.15) is 31.3 Å². The minimum absolute atomic E-state index is 0.274. The second-order valence-electron chi connectivity index (χ2n) is 4.77. The first kappa shape index (κ1) is 14.6. The van der Waals surface area contributed by atoms with Crippen LogP contribution in [-0.4, -0.2) is 29.0 Å². The van der Waals surface area contributed by atoms with Crippen LogP contribution in [-0.2, 0) is 6.42 Å². The van der Waals surface area contributed by atoms with E-state index >= 15 is 0 Å². The average Bonchev–Trinajstić information content (AvgIpc) is 2.79. The number of H-pyrrole nitrogens is 1. The molecule has 0 atom stereocenters. The molecule has 0 spiro atoms. The Labute approximate surface area is 123 Å². The first-order valence-electron chi connectivity index (χ1n) is 6.43. The molecule has 20 heavy (non-hydrogen) atoms. The monoisotopic (exact) mass is 293 g/mol. The fraction of sp³-hybridized carbons (Fsp3) is 0.429. The van der Waals surface area contributed by atoms with Crippen LogP contribution >= 0.6 is 12.2 Å². The zero-order valence-corrected chi connectivity index (χ0v) is 13.0. The standard InChI is InChI=1S/C14H19N3O2S/c1-9(2)17-13(15-16-14(17)20)8-10-5-6-11(18-3)12(7-10)19-4/h5-7,9H,8H2,1-4H3,(H,16,20). The van der Waals surface area contributed by atoms with E-state index in [-0.39, 0.29) is 6.04 Å². The number of benzene rings is 1. The van der Waals surface area contributed by atoms with E-state index in [1.165, 1.54) is 0 Å². The van der Waals surface area contributed by atoms with E-state index in [1.807, 2.05) is 22.8 Å². The summed E-state index contributed by atoms with van der Waals surface area (Å²) in [6, 6.07) is 6.14. The van der Waals surface area contributed by atoms with Crippen LogP contribution in [0.15, 0.2) is 18.2 Å². The SMILES string of the molecule is COc1ccc(Cc2n[nH]c(=S)n2C(C)C)cc1OC. The highest BCUT2D eigenvalue weighted by Gasteiger charge is 2.11. The van der Waals surface area contributed by atoms with Crippen molar-refractivity contribution in [3.63, 3.8) is 0 Å². The van der Waals surface area contributed by atoms with Gasteiger partial charge in [-0.25, -0.2) is 0 Å². The average molecular weight is 293 g/mol. The number of rotatable bonds is 5. The Hall–Kier alpha value is -1.82. The van der Waals surface area contributed by atoms with Gasteiger partial charge in [-0.15, -0.1) is 0 Å². The molecule has 1 heterocycles. The van der Waals surface area contributed by atoms with Crippen LogP contribution in [0.2, 0.25) is 0 Å². The number of aromatic nitrogens is 3. The third-order valence-corrected chi connectivity index (χ3v) is 3.39. The second kappa shape index (κ2) is 6.09. The third-order valence-electron chi connectivity index (χ3n) is 3.10. The molecule has 0 saturated carbocycles. The predicted octanol–water partition coefficient (Wildman–Crippen LogP) is 3.13. The van der Waals surface area contributed by atoms with Gasteiger partial charge in [-0.3, -0.25) is 5.10 Å². The number of hydrogen-bond donors (Lipinski definition) is 1. The molecule has 0 unspecified atom stereocenters. The Kier molecular flexibility index (Phi) is 4.44. The number of hydrogen-bond acceptors (Lipinski definition) is 4. The molecule has 0 radical (unpaired) electrons. The summed E-state index contributed by atoms with van der Waals surface area (Å²) in [7, 11) is 3.26. The maximum atomic E-state index is 5.32. The highest BCUT2D eigenvalue weighted by Crippen LogP contribution is 2.28. The van der Waals surface area contributed by atoms with Crippen molar-refractivity contribution in [2.45, 2.75) is 26.3 Å². The zero-order valence-electron chi connectivity index (χ0n) is 12.1. The first-order chi connectivity index (χ1) is 9.56. The van der Waals surface area contributed by atoms with Crippen molar-refractivity contribution in [3.8, 4) is 11.5 Å². The highest BCUT2D eigenvalue weighted by atomic mass is 32.1. The van der Waals surface area contributed by atoms with Crippen molar-refractivity contribution in [2.24, 2.45) is 0 Å². The minimum atomic E-state index is 0.274. The molecular formula is C14H19N3O2S. The second-order valence-corrected chi connectivity index (χ2v) is 5.16. The topological polar surface area (TPSA) is 52.1 Å². The Balaban J connectivity index is 2.33. The Morgan fingerprint density at radius 1 is 1.25 bits per heavy atom. The molecule has 6 heteroatoms. The molecule has 0 aliphatic carbocycles.